The van der Waals surface area contributed by atoms with Gasteiger partial charge in [0.15, 0.2) is 5.16 Å². The molecule has 24 heavy (non-hydrogen) atoms. The van der Waals surface area contributed by atoms with E-state index < -0.39 is 0 Å². The second kappa shape index (κ2) is 7.21. The van der Waals surface area contributed by atoms with E-state index in [1.165, 1.54) is 17.3 Å². The second-order valence-electron chi connectivity index (χ2n) is 5.85. The Kier molecular flexibility index (Phi) is 5.04. The standard InChI is InChI=1S/C18H21N3O2S/c1-3-14-12(2)19-18(20-17(14)23)24-11-16(22)21-10-6-8-13-7-4-5-9-15(13)21/h4-5,7,9H,3,6,8,10-11H2,1-2H3,(H,19,20,23). The van der Waals surface area contributed by atoms with Crippen LogP contribution in [0, 0.1) is 6.92 Å². The van der Waals surface area contributed by atoms with Gasteiger partial charge >= 0.3 is 0 Å². The number of hydrogen-bond donors (Lipinski definition) is 1. The predicted molar refractivity (Wildman–Crippen MR) is 96.8 cm³/mol. The van der Waals surface area contributed by atoms with E-state index in [2.05, 4.69) is 16.0 Å². The van der Waals surface area contributed by atoms with Crippen molar-refractivity contribution in [1.82, 2.24) is 9.97 Å². The van der Waals surface area contributed by atoms with E-state index in [0.717, 1.165) is 30.8 Å². The number of hydrogen-bond acceptors (Lipinski definition) is 4. The van der Waals surface area contributed by atoms with Crippen LogP contribution in [0.1, 0.15) is 30.2 Å². The zero-order valence-corrected chi connectivity index (χ0v) is 14.8. The minimum absolute atomic E-state index is 0.0482. The number of nitrogens with zero attached hydrogens (tertiary/aromatic N) is 2. The monoisotopic (exact) mass is 343 g/mol. The Morgan fingerprint density at radius 1 is 1.38 bits per heavy atom. The molecule has 1 aliphatic rings. The van der Waals surface area contributed by atoms with Crippen molar-refractivity contribution >= 4 is 23.4 Å². The molecule has 1 aromatic heterocycles. The topological polar surface area (TPSA) is 66.1 Å². The van der Waals surface area contributed by atoms with Crippen LogP contribution in [0.15, 0.2) is 34.2 Å². The third-order valence-corrected chi connectivity index (χ3v) is 5.16. The van der Waals surface area contributed by atoms with Gasteiger partial charge in [-0.15, -0.1) is 0 Å². The number of carbonyl (C=O) groups is 1. The van der Waals surface area contributed by atoms with Crippen LogP contribution in [0.5, 0.6) is 0 Å². The van der Waals surface area contributed by atoms with Crippen molar-refractivity contribution in [3.05, 3.63) is 51.4 Å². The van der Waals surface area contributed by atoms with Gasteiger partial charge in [0.05, 0.1) is 5.75 Å². The van der Waals surface area contributed by atoms with Crippen molar-refractivity contribution in [1.29, 1.82) is 0 Å². The number of aromatic nitrogens is 2. The fraction of sp³-hybridized carbons (Fsp3) is 0.389. The number of benzene rings is 1. The number of aryl methyl sites for hydroxylation is 2. The summed E-state index contributed by atoms with van der Waals surface area (Å²) < 4.78 is 0. The first kappa shape index (κ1) is 16.8. The number of thioether (sulfide) groups is 1. The number of nitrogens with one attached hydrogen (secondary N) is 1. The van der Waals surface area contributed by atoms with E-state index in [1.807, 2.05) is 36.9 Å². The fourth-order valence-electron chi connectivity index (χ4n) is 3.07. The molecule has 0 saturated heterocycles. The van der Waals surface area contributed by atoms with E-state index in [4.69, 9.17) is 0 Å². The van der Waals surface area contributed by atoms with Crippen LogP contribution >= 0.6 is 11.8 Å². The number of H-pyrrole nitrogens is 1. The van der Waals surface area contributed by atoms with Crippen molar-refractivity contribution in [2.24, 2.45) is 0 Å². The predicted octanol–water partition coefficient (Wildman–Crippen LogP) is 2.71. The maximum Gasteiger partial charge on any atom is 0.254 e. The molecule has 1 aromatic carbocycles. The molecular weight excluding hydrogens is 322 g/mol. The zero-order chi connectivity index (χ0) is 17.1. The van der Waals surface area contributed by atoms with Gasteiger partial charge in [0.25, 0.3) is 5.56 Å². The quantitative estimate of drug-likeness (QED) is 0.685. The molecule has 6 heteroatoms. The van der Waals surface area contributed by atoms with Gasteiger partial charge in [0.2, 0.25) is 5.91 Å². The molecule has 126 valence electrons. The van der Waals surface area contributed by atoms with Gasteiger partial charge in [-0.2, -0.15) is 0 Å². The van der Waals surface area contributed by atoms with Gasteiger partial charge in [-0.25, -0.2) is 4.98 Å². The number of anilines is 1. The highest BCUT2D eigenvalue weighted by molar-refractivity contribution is 7.99. The highest BCUT2D eigenvalue weighted by Crippen LogP contribution is 2.27. The maximum absolute atomic E-state index is 12.6. The zero-order valence-electron chi connectivity index (χ0n) is 14.0. The lowest BCUT2D eigenvalue weighted by Gasteiger charge is -2.29. The molecule has 0 spiro atoms. The number of aromatic amines is 1. The van der Waals surface area contributed by atoms with Gasteiger partial charge in [-0.05, 0) is 37.8 Å². The number of fused-ring (bicyclic) bond motifs is 1. The fourth-order valence-corrected chi connectivity index (χ4v) is 3.85. The molecule has 0 bridgehead atoms. The molecule has 0 unspecified atom stereocenters. The molecule has 0 radical (unpaired) electrons. The van der Waals surface area contributed by atoms with Crippen LogP contribution < -0.4 is 10.5 Å². The summed E-state index contributed by atoms with van der Waals surface area (Å²) in [4.78, 5) is 33.6. The van der Waals surface area contributed by atoms with E-state index in [1.54, 1.807) is 0 Å². The van der Waals surface area contributed by atoms with Crippen LogP contribution in [0.2, 0.25) is 0 Å². The Bertz CT molecular complexity index is 816. The molecule has 2 aromatic rings. The Balaban J connectivity index is 1.72. The first-order valence-electron chi connectivity index (χ1n) is 8.21. The summed E-state index contributed by atoms with van der Waals surface area (Å²) >= 11 is 1.29. The maximum atomic E-state index is 12.6. The summed E-state index contributed by atoms with van der Waals surface area (Å²) in [5.74, 6) is 0.314. The molecule has 1 N–H and O–H groups in total. The third kappa shape index (κ3) is 3.38. The average Bonchev–Trinajstić information content (AvgIpc) is 2.59. The normalized spacial score (nSPS) is 13.7. The lowest BCUT2D eigenvalue weighted by molar-refractivity contribution is -0.116. The smallest absolute Gasteiger partial charge is 0.254 e. The van der Waals surface area contributed by atoms with Gasteiger partial charge < -0.3 is 9.88 Å². The Morgan fingerprint density at radius 2 is 2.17 bits per heavy atom. The van der Waals surface area contributed by atoms with Gasteiger partial charge in [-0.3, -0.25) is 9.59 Å². The first-order chi connectivity index (χ1) is 11.6. The SMILES string of the molecule is CCc1c(C)nc(SCC(=O)N2CCCc3ccccc32)[nH]c1=O. The molecule has 0 saturated carbocycles. The Labute approximate surface area is 145 Å². The summed E-state index contributed by atoms with van der Waals surface area (Å²) in [6, 6.07) is 8.04. The lowest BCUT2D eigenvalue weighted by Crippen LogP contribution is -2.36. The van der Waals surface area contributed by atoms with E-state index in [-0.39, 0.29) is 17.2 Å². The van der Waals surface area contributed by atoms with Crippen molar-refractivity contribution in [2.45, 2.75) is 38.3 Å². The van der Waals surface area contributed by atoms with Crippen molar-refractivity contribution < 1.29 is 4.79 Å². The van der Waals surface area contributed by atoms with Crippen molar-refractivity contribution in [2.75, 3.05) is 17.2 Å². The largest absolute Gasteiger partial charge is 0.311 e. The molecule has 3 rings (SSSR count). The number of para-hydroxylation sites is 1. The summed E-state index contributed by atoms with van der Waals surface area (Å²) in [7, 11) is 0. The highest BCUT2D eigenvalue weighted by atomic mass is 32.2. The van der Waals surface area contributed by atoms with E-state index in [9.17, 15) is 9.59 Å². The number of amides is 1. The summed E-state index contributed by atoms with van der Waals surface area (Å²) in [6.45, 7) is 4.51. The van der Waals surface area contributed by atoms with E-state index in [0.29, 0.717) is 17.1 Å². The molecule has 5 nitrogen and oxygen atoms in total. The van der Waals surface area contributed by atoms with Gasteiger partial charge in [0, 0.05) is 23.5 Å². The minimum atomic E-state index is -0.108. The third-order valence-electron chi connectivity index (χ3n) is 4.30. The second-order valence-corrected chi connectivity index (χ2v) is 6.82. The molecular formula is C18H21N3O2S. The van der Waals surface area contributed by atoms with Crippen molar-refractivity contribution in [3.63, 3.8) is 0 Å². The van der Waals surface area contributed by atoms with Crippen LogP contribution in [0.3, 0.4) is 0 Å². The number of rotatable bonds is 4. The summed E-state index contributed by atoms with van der Waals surface area (Å²) in [6.07, 6.45) is 2.65. The lowest BCUT2D eigenvalue weighted by atomic mass is 10.0. The molecule has 1 aliphatic heterocycles. The Hall–Kier alpha value is -2.08. The van der Waals surface area contributed by atoms with Crippen LogP contribution in [-0.2, 0) is 17.6 Å². The summed E-state index contributed by atoms with van der Waals surface area (Å²) in [5.41, 5.74) is 3.56. The van der Waals surface area contributed by atoms with Crippen LogP contribution in [-0.4, -0.2) is 28.2 Å². The molecule has 0 fully saturated rings. The van der Waals surface area contributed by atoms with E-state index >= 15 is 0 Å². The van der Waals surface area contributed by atoms with Gasteiger partial charge in [-0.1, -0.05) is 36.9 Å². The Morgan fingerprint density at radius 3 is 2.92 bits per heavy atom. The molecule has 0 aliphatic carbocycles. The average molecular weight is 343 g/mol. The van der Waals surface area contributed by atoms with Crippen LogP contribution in [0.4, 0.5) is 5.69 Å². The minimum Gasteiger partial charge on any atom is -0.311 e. The van der Waals surface area contributed by atoms with Crippen LogP contribution in [0.25, 0.3) is 0 Å². The number of carbonyl (C=O) groups excluding carboxylic acids is 1. The first-order valence-corrected chi connectivity index (χ1v) is 9.19. The molecule has 0 atom stereocenters. The molecule has 2 heterocycles. The highest BCUT2D eigenvalue weighted by Gasteiger charge is 2.22. The van der Waals surface area contributed by atoms with Crippen molar-refractivity contribution in [3.8, 4) is 0 Å². The van der Waals surface area contributed by atoms with Gasteiger partial charge in [0.1, 0.15) is 0 Å². The summed E-state index contributed by atoms with van der Waals surface area (Å²) in [5, 5.41) is 0.508. The molecule has 1 amide bonds.